The second-order valence-corrected chi connectivity index (χ2v) is 4.53. The molecule has 1 aromatic heterocycles. The lowest BCUT2D eigenvalue weighted by Crippen LogP contribution is -2.28. The molecule has 0 unspecified atom stereocenters. The quantitative estimate of drug-likeness (QED) is 0.781. The SMILES string of the molecule is [CH2]c1ncc(C#N)cc1NC(=O)C(C)(C)C. The molecule has 0 atom stereocenters. The van der Waals surface area contributed by atoms with Gasteiger partial charge in [-0.05, 0) is 13.0 Å². The molecule has 1 heterocycles. The molecule has 4 heteroatoms. The molecule has 0 aliphatic carbocycles. The van der Waals surface area contributed by atoms with E-state index < -0.39 is 5.41 Å². The van der Waals surface area contributed by atoms with E-state index in [0.29, 0.717) is 16.9 Å². The standard InChI is InChI=1S/C12H14N3O/c1-8-10(5-9(6-13)7-14-8)15-11(16)12(2,3)4/h5,7H,1H2,2-4H3,(H,15,16). The van der Waals surface area contributed by atoms with Gasteiger partial charge in [0, 0.05) is 11.6 Å². The van der Waals surface area contributed by atoms with Crippen molar-refractivity contribution in [3.63, 3.8) is 0 Å². The number of amides is 1. The molecule has 1 N–H and O–H groups in total. The number of pyridine rings is 1. The van der Waals surface area contributed by atoms with E-state index in [0.717, 1.165) is 0 Å². The summed E-state index contributed by atoms with van der Waals surface area (Å²) in [5.41, 5.74) is 0.849. The molecule has 4 nitrogen and oxygen atoms in total. The van der Waals surface area contributed by atoms with Crippen LogP contribution >= 0.6 is 0 Å². The fourth-order valence-electron chi connectivity index (χ4n) is 0.972. The molecule has 1 rings (SSSR count). The van der Waals surface area contributed by atoms with E-state index in [1.165, 1.54) is 6.20 Å². The lowest BCUT2D eigenvalue weighted by molar-refractivity contribution is -0.123. The highest BCUT2D eigenvalue weighted by Gasteiger charge is 2.21. The normalized spacial score (nSPS) is 10.7. The van der Waals surface area contributed by atoms with Gasteiger partial charge in [0.1, 0.15) is 6.07 Å². The largest absolute Gasteiger partial charge is 0.324 e. The Kier molecular flexibility index (Phi) is 3.28. The van der Waals surface area contributed by atoms with Gasteiger partial charge in [0.25, 0.3) is 0 Å². The molecule has 1 amide bonds. The Balaban J connectivity index is 2.98. The third-order valence-electron chi connectivity index (χ3n) is 2.03. The van der Waals surface area contributed by atoms with Gasteiger partial charge in [0.2, 0.25) is 5.91 Å². The highest BCUT2D eigenvalue weighted by atomic mass is 16.2. The first-order chi connectivity index (χ1) is 7.34. The van der Waals surface area contributed by atoms with Gasteiger partial charge in [0.15, 0.2) is 0 Å². The van der Waals surface area contributed by atoms with Crippen LogP contribution in [0.2, 0.25) is 0 Å². The molecule has 1 radical (unpaired) electrons. The van der Waals surface area contributed by atoms with Gasteiger partial charge in [-0.2, -0.15) is 5.26 Å². The number of hydrogen-bond donors (Lipinski definition) is 1. The van der Waals surface area contributed by atoms with E-state index in [1.807, 2.05) is 26.8 Å². The van der Waals surface area contributed by atoms with Gasteiger partial charge >= 0.3 is 0 Å². The summed E-state index contributed by atoms with van der Waals surface area (Å²) in [6, 6.07) is 3.53. The number of hydrogen-bond acceptors (Lipinski definition) is 3. The van der Waals surface area contributed by atoms with Crippen molar-refractivity contribution in [2.75, 3.05) is 5.32 Å². The van der Waals surface area contributed by atoms with Crippen molar-refractivity contribution < 1.29 is 4.79 Å². The Morgan fingerprint density at radius 2 is 2.19 bits per heavy atom. The Hall–Kier alpha value is -1.89. The molecule has 83 valence electrons. The van der Waals surface area contributed by atoms with E-state index >= 15 is 0 Å². The van der Waals surface area contributed by atoms with Crippen molar-refractivity contribution in [2.24, 2.45) is 5.41 Å². The van der Waals surface area contributed by atoms with Crippen molar-refractivity contribution in [1.29, 1.82) is 5.26 Å². The first-order valence-corrected chi connectivity index (χ1v) is 4.88. The molecule has 0 saturated carbocycles. The van der Waals surface area contributed by atoms with E-state index in [9.17, 15) is 4.79 Å². The lowest BCUT2D eigenvalue weighted by atomic mass is 9.95. The lowest BCUT2D eigenvalue weighted by Gasteiger charge is -2.18. The number of nitrogens with one attached hydrogen (secondary N) is 1. The van der Waals surface area contributed by atoms with E-state index in [4.69, 9.17) is 5.26 Å². The van der Waals surface area contributed by atoms with Crippen molar-refractivity contribution in [3.05, 3.63) is 30.4 Å². The summed E-state index contributed by atoms with van der Waals surface area (Å²) in [6.45, 7) is 9.13. The van der Waals surface area contributed by atoms with E-state index in [2.05, 4.69) is 17.2 Å². The maximum absolute atomic E-state index is 11.7. The molecule has 0 saturated heterocycles. The minimum absolute atomic E-state index is 0.130. The maximum Gasteiger partial charge on any atom is 0.229 e. The van der Waals surface area contributed by atoms with Crippen LogP contribution in [0.1, 0.15) is 32.0 Å². The summed E-state index contributed by atoms with van der Waals surface area (Å²) in [5.74, 6) is -0.130. The smallest absolute Gasteiger partial charge is 0.229 e. The molecule has 0 spiro atoms. The molecule has 0 fully saturated rings. The van der Waals surface area contributed by atoms with Gasteiger partial charge < -0.3 is 5.32 Å². The number of nitriles is 1. The summed E-state index contributed by atoms with van der Waals surface area (Å²) >= 11 is 0. The highest BCUT2D eigenvalue weighted by molar-refractivity contribution is 5.95. The molecule has 0 bridgehead atoms. The Morgan fingerprint density at radius 3 is 2.69 bits per heavy atom. The van der Waals surface area contributed by atoms with Crippen molar-refractivity contribution in [2.45, 2.75) is 20.8 Å². The topological polar surface area (TPSA) is 65.8 Å². The molecule has 0 aromatic carbocycles. The van der Waals surface area contributed by atoms with Crippen LogP contribution < -0.4 is 5.32 Å². The molecule has 1 aromatic rings. The summed E-state index contributed by atoms with van der Waals surface area (Å²) in [5, 5.41) is 11.4. The number of carbonyl (C=O) groups is 1. The zero-order valence-corrected chi connectivity index (χ0v) is 9.66. The number of aromatic nitrogens is 1. The van der Waals surface area contributed by atoms with Crippen molar-refractivity contribution >= 4 is 11.6 Å². The fourth-order valence-corrected chi connectivity index (χ4v) is 0.972. The Labute approximate surface area is 95.3 Å². The number of nitrogens with zero attached hydrogens (tertiary/aromatic N) is 2. The predicted octanol–water partition coefficient (Wildman–Crippen LogP) is 2.12. The summed E-state index contributed by atoms with van der Waals surface area (Å²) in [4.78, 5) is 15.7. The third-order valence-corrected chi connectivity index (χ3v) is 2.03. The Morgan fingerprint density at radius 1 is 1.56 bits per heavy atom. The first-order valence-electron chi connectivity index (χ1n) is 4.88. The monoisotopic (exact) mass is 216 g/mol. The van der Waals surface area contributed by atoms with Crippen molar-refractivity contribution in [3.8, 4) is 6.07 Å². The van der Waals surface area contributed by atoms with Crippen molar-refractivity contribution in [1.82, 2.24) is 4.98 Å². The van der Waals surface area contributed by atoms with E-state index in [1.54, 1.807) is 6.07 Å². The minimum Gasteiger partial charge on any atom is -0.324 e. The number of rotatable bonds is 1. The maximum atomic E-state index is 11.7. The second-order valence-electron chi connectivity index (χ2n) is 4.53. The molecule has 16 heavy (non-hydrogen) atoms. The third kappa shape index (κ3) is 2.80. The van der Waals surface area contributed by atoms with Crippen LogP contribution in [0.5, 0.6) is 0 Å². The average molecular weight is 216 g/mol. The van der Waals surface area contributed by atoms with Crippen LogP contribution in [0.4, 0.5) is 5.69 Å². The van der Waals surface area contributed by atoms with Gasteiger partial charge in [-0.15, -0.1) is 0 Å². The van der Waals surface area contributed by atoms with Crippen LogP contribution in [-0.4, -0.2) is 10.9 Å². The molecule has 0 aliphatic rings. The summed E-state index contributed by atoms with van der Waals surface area (Å²) in [6.07, 6.45) is 1.43. The van der Waals surface area contributed by atoms with Crippen LogP contribution in [0, 0.1) is 23.7 Å². The van der Waals surface area contributed by atoms with Gasteiger partial charge in [-0.25, -0.2) is 0 Å². The first kappa shape index (κ1) is 12.2. The van der Waals surface area contributed by atoms with Crippen LogP contribution in [0.25, 0.3) is 0 Å². The summed E-state index contributed by atoms with van der Waals surface area (Å²) < 4.78 is 0. The van der Waals surface area contributed by atoms with Crippen LogP contribution in [0.3, 0.4) is 0 Å². The zero-order chi connectivity index (χ0) is 12.3. The number of carbonyl (C=O) groups excluding carboxylic acids is 1. The van der Waals surface area contributed by atoms with Gasteiger partial charge in [-0.1, -0.05) is 20.8 Å². The van der Waals surface area contributed by atoms with Crippen LogP contribution in [0.15, 0.2) is 12.3 Å². The minimum atomic E-state index is -0.491. The second kappa shape index (κ2) is 4.31. The molecular formula is C12H14N3O. The predicted molar refractivity (Wildman–Crippen MR) is 61.5 cm³/mol. The summed E-state index contributed by atoms with van der Waals surface area (Å²) in [7, 11) is 0. The van der Waals surface area contributed by atoms with E-state index in [-0.39, 0.29) is 5.91 Å². The zero-order valence-electron chi connectivity index (χ0n) is 9.66. The molecular weight excluding hydrogens is 202 g/mol. The highest BCUT2D eigenvalue weighted by Crippen LogP contribution is 2.19. The van der Waals surface area contributed by atoms with Crippen LogP contribution in [-0.2, 0) is 4.79 Å². The molecule has 0 aliphatic heterocycles. The Bertz CT molecular complexity index is 452. The van der Waals surface area contributed by atoms with Gasteiger partial charge in [-0.3, -0.25) is 9.78 Å². The average Bonchev–Trinajstić information content (AvgIpc) is 2.19. The van der Waals surface area contributed by atoms with Gasteiger partial charge in [0.05, 0.1) is 16.9 Å². The number of anilines is 1. The fraction of sp³-hybridized carbons (Fsp3) is 0.333.